The van der Waals surface area contributed by atoms with Crippen molar-refractivity contribution < 1.29 is 9.90 Å². The van der Waals surface area contributed by atoms with Crippen LogP contribution in [-0.2, 0) is 4.79 Å². The highest BCUT2D eigenvalue weighted by molar-refractivity contribution is 5.80. The fourth-order valence-corrected chi connectivity index (χ4v) is 2.19. The van der Waals surface area contributed by atoms with E-state index >= 15 is 0 Å². The SMILES string of the molecule is O=C(O)CCC=CC=CC=C(c1ccccc1)c1ccccc1. The Labute approximate surface area is 137 Å². The molecule has 0 fully saturated rings. The maximum atomic E-state index is 10.4. The molecule has 116 valence electrons. The summed E-state index contributed by atoms with van der Waals surface area (Å²) in [5, 5.41) is 8.58. The van der Waals surface area contributed by atoms with E-state index < -0.39 is 5.97 Å². The van der Waals surface area contributed by atoms with Gasteiger partial charge in [0.15, 0.2) is 0 Å². The molecule has 0 bridgehead atoms. The van der Waals surface area contributed by atoms with Gasteiger partial charge in [-0.2, -0.15) is 0 Å². The summed E-state index contributed by atoms with van der Waals surface area (Å²) in [6.07, 6.45) is 10.4. The molecule has 0 aromatic heterocycles. The first-order valence-electron chi connectivity index (χ1n) is 7.63. The number of rotatable bonds is 7. The summed E-state index contributed by atoms with van der Waals surface area (Å²) in [6.45, 7) is 0. The maximum Gasteiger partial charge on any atom is 0.303 e. The van der Waals surface area contributed by atoms with Crippen molar-refractivity contribution in [2.75, 3.05) is 0 Å². The Morgan fingerprint density at radius 3 is 1.91 bits per heavy atom. The highest BCUT2D eigenvalue weighted by Crippen LogP contribution is 2.23. The molecule has 0 aliphatic rings. The lowest BCUT2D eigenvalue weighted by atomic mass is 9.97. The van der Waals surface area contributed by atoms with Crippen LogP contribution in [0.15, 0.2) is 91.0 Å². The van der Waals surface area contributed by atoms with Crippen LogP contribution in [0, 0.1) is 0 Å². The summed E-state index contributed by atoms with van der Waals surface area (Å²) in [7, 11) is 0. The molecule has 2 aromatic carbocycles. The summed E-state index contributed by atoms with van der Waals surface area (Å²) in [5.74, 6) is -0.769. The van der Waals surface area contributed by atoms with Crippen LogP contribution >= 0.6 is 0 Å². The van der Waals surface area contributed by atoms with Crippen LogP contribution in [0.4, 0.5) is 0 Å². The Kier molecular flexibility index (Phi) is 6.61. The molecule has 0 radical (unpaired) electrons. The van der Waals surface area contributed by atoms with Crippen LogP contribution in [0.2, 0.25) is 0 Å². The predicted octanol–water partition coefficient (Wildman–Crippen LogP) is 5.10. The summed E-state index contributed by atoms with van der Waals surface area (Å²) in [6, 6.07) is 20.5. The minimum atomic E-state index is -0.769. The van der Waals surface area contributed by atoms with Gasteiger partial charge in [0.25, 0.3) is 0 Å². The first-order valence-corrected chi connectivity index (χ1v) is 7.63. The van der Waals surface area contributed by atoms with E-state index in [2.05, 4.69) is 30.3 Å². The smallest absolute Gasteiger partial charge is 0.303 e. The number of carboxylic acid groups (broad SMARTS) is 1. The zero-order valence-corrected chi connectivity index (χ0v) is 12.9. The number of benzene rings is 2. The molecule has 0 heterocycles. The van der Waals surface area contributed by atoms with Crippen molar-refractivity contribution in [3.63, 3.8) is 0 Å². The molecule has 0 saturated carbocycles. The van der Waals surface area contributed by atoms with Gasteiger partial charge in [-0.25, -0.2) is 0 Å². The topological polar surface area (TPSA) is 37.3 Å². The number of carbonyl (C=O) groups is 1. The first kappa shape index (κ1) is 16.5. The van der Waals surface area contributed by atoms with E-state index in [0.717, 1.165) is 5.57 Å². The molecule has 2 nitrogen and oxygen atoms in total. The van der Waals surface area contributed by atoms with Crippen LogP contribution in [0.5, 0.6) is 0 Å². The maximum absolute atomic E-state index is 10.4. The summed E-state index contributed by atoms with van der Waals surface area (Å²) in [4.78, 5) is 10.4. The number of allylic oxidation sites excluding steroid dienone is 5. The second-order valence-electron chi connectivity index (χ2n) is 5.06. The highest BCUT2D eigenvalue weighted by Gasteiger charge is 2.02. The van der Waals surface area contributed by atoms with E-state index in [1.165, 1.54) is 11.1 Å². The third-order valence-corrected chi connectivity index (χ3v) is 3.32. The van der Waals surface area contributed by atoms with E-state index in [4.69, 9.17) is 5.11 Å². The first-order chi connectivity index (χ1) is 11.3. The molecule has 0 atom stereocenters. The van der Waals surface area contributed by atoms with Crippen molar-refractivity contribution in [3.8, 4) is 0 Å². The predicted molar refractivity (Wildman–Crippen MR) is 95.1 cm³/mol. The van der Waals surface area contributed by atoms with E-state index in [0.29, 0.717) is 6.42 Å². The van der Waals surface area contributed by atoms with Crippen molar-refractivity contribution in [3.05, 3.63) is 102 Å². The molecule has 23 heavy (non-hydrogen) atoms. The van der Waals surface area contributed by atoms with Crippen LogP contribution in [0.25, 0.3) is 5.57 Å². The van der Waals surface area contributed by atoms with Gasteiger partial charge in [-0.3, -0.25) is 4.79 Å². The molecule has 0 saturated heterocycles. The van der Waals surface area contributed by atoms with Gasteiger partial charge in [-0.15, -0.1) is 0 Å². The summed E-state index contributed by atoms with van der Waals surface area (Å²) < 4.78 is 0. The average molecular weight is 304 g/mol. The van der Waals surface area contributed by atoms with E-state index in [1.807, 2.05) is 60.7 Å². The largest absolute Gasteiger partial charge is 0.481 e. The molecule has 2 aromatic rings. The zero-order chi connectivity index (χ0) is 16.3. The normalized spacial score (nSPS) is 11.0. The quantitative estimate of drug-likeness (QED) is 0.723. The van der Waals surface area contributed by atoms with Gasteiger partial charge in [0.05, 0.1) is 0 Å². The fraction of sp³-hybridized carbons (Fsp3) is 0.0952. The van der Waals surface area contributed by atoms with Gasteiger partial charge in [-0.1, -0.05) is 91.0 Å². The molecular weight excluding hydrogens is 284 g/mol. The third kappa shape index (κ3) is 5.79. The Bertz CT molecular complexity index is 654. The molecule has 0 spiro atoms. The molecule has 2 rings (SSSR count). The highest BCUT2D eigenvalue weighted by atomic mass is 16.4. The third-order valence-electron chi connectivity index (χ3n) is 3.32. The van der Waals surface area contributed by atoms with Crippen molar-refractivity contribution in [1.82, 2.24) is 0 Å². The molecule has 0 aliphatic carbocycles. The number of hydrogen-bond donors (Lipinski definition) is 1. The molecular formula is C21H20O2. The van der Waals surface area contributed by atoms with E-state index in [9.17, 15) is 4.79 Å². The van der Waals surface area contributed by atoms with Gasteiger partial charge >= 0.3 is 5.97 Å². The van der Waals surface area contributed by atoms with Crippen LogP contribution in [-0.4, -0.2) is 11.1 Å². The summed E-state index contributed by atoms with van der Waals surface area (Å²) >= 11 is 0. The molecule has 2 heteroatoms. The monoisotopic (exact) mass is 304 g/mol. The second kappa shape index (κ2) is 9.21. The van der Waals surface area contributed by atoms with E-state index in [-0.39, 0.29) is 6.42 Å². The lowest BCUT2D eigenvalue weighted by Crippen LogP contribution is -1.91. The zero-order valence-electron chi connectivity index (χ0n) is 12.9. The van der Waals surface area contributed by atoms with Crippen molar-refractivity contribution >= 4 is 11.5 Å². The Hall–Kier alpha value is -2.87. The molecule has 0 amide bonds. The summed E-state index contributed by atoms with van der Waals surface area (Å²) in [5.41, 5.74) is 3.48. The standard InChI is InChI=1S/C21H20O2/c22-21(23)17-11-3-1-2-10-16-20(18-12-6-4-7-13-18)19-14-8-5-9-15-19/h1-10,12-16H,11,17H2,(H,22,23). The van der Waals surface area contributed by atoms with Gasteiger partial charge < -0.3 is 5.11 Å². The molecule has 0 aliphatic heterocycles. The van der Waals surface area contributed by atoms with Crippen LogP contribution in [0.3, 0.4) is 0 Å². The Balaban J connectivity index is 2.13. The number of carboxylic acids is 1. The van der Waals surface area contributed by atoms with Gasteiger partial charge in [0.2, 0.25) is 0 Å². The number of aliphatic carboxylic acids is 1. The lowest BCUT2D eigenvalue weighted by molar-refractivity contribution is -0.136. The van der Waals surface area contributed by atoms with Crippen LogP contribution in [0.1, 0.15) is 24.0 Å². The van der Waals surface area contributed by atoms with E-state index in [1.54, 1.807) is 0 Å². The lowest BCUT2D eigenvalue weighted by Gasteiger charge is -2.07. The fourth-order valence-electron chi connectivity index (χ4n) is 2.19. The van der Waals surface area contributed by atoms with Crippen LogP contribution < -0.4 is 0 Å². The average Bonchev–Trinajstić information content (AvgIpc) is 2.59. The minimum absolute atomic E-state index is 0.166. The van der Waals surface area contributed by atoms with Crippen molar-refractivity contribution in [2.45, 2.75) is 12.8 Å². The Morgan fingerprint density at radius 1 is 0.826 bits per heavy atom. The second-order valence-corrected chi connectivity index (χ2v) is 5.06. The minimum Gasteiger partial charge on any atom is -0.481 e. The van der Waals surface area contributed by atoms with Gasteiger partial charge in [-0.05, 0) is 23.1 Å². The number of hydrogen-bond acceptors (Lipinski definition) is 1. The van der Waals surface area contributed by atoms with Gasteiger partial charge in [0, 0.05) is 6.42 Å². The van der Waals surface area contributed by atoms with Gasteiger partial charge in [0.1, 0.15) is 0 Å². The van der Waals surface area contributed by atoms with Crippen molar-refractivity contribution in [1.29, 1.82) is 0 Å². The molecule has 1 N–H and O–H groups in total. The Morgan fingerprint density at radius 2 is 1.39 bits per heavy atom. The van der Waals surface area contributed by atoms with Crippen molar-refractivity contribution in [2.24, 2.45) is 0 Å². The molecule has 0 unspecified atom stereocenters.